The quantitative estimate of drug-likeness (QED) is 0.0543. The summed E-state index contributed by atoms with van der Waals surface area (Å²) in [5.41, 5.74) is 5.24. The molecule has 5 unspecified atom stereocenters. The first kappa shape index (κ1) is 48.6. The number of nitrogens with one attached hydrogen (secondary N) is 7. The van der Waals surface area contributed by atoms with E-state index in [9.17, 15) is 69.0 Å². The van der Waals surface area contributed by atoms with Gasteiger partial charge in [0, 0.05) is 20.4 Å². The standard InChI is InChI=1S/C34H58N8O15/c1-14(15(2)45)29(52)40-21(12-43)32(55)39-20(11-24(49)41-34-26(37-16(3)46)28(51)27(50)22(13-44)57-34)31(54)42-25(17-5-7-18(47)8-6-17)33(56)38-19(30(53)36-4)9-10-23(35)48/h14-15,17-22,25-28,34,43-45,47,50-51H,5-13H2,1-4H3,(H2,35,48)(H,36,53)(H,37,46)(H,38,56)(H,39,55)(H,40,52)(H,41,49)(H,42,54)/t14?,15?,17?,18?,19-,20-,21+,22?,25?,26?,27-,28+,34+/m0/s1. The van der Waals surface area contributed by atoms with Crippen LogP contribution in [0.2, 0.25) is 0 Å². The summed E-state index contributed by atoms with van der Waals surface area (Å²) in [4.78, 5) is 104. The van der Waals surface area contributed by atoms with Crippen LogP contribution in [0.1, 0.15) is 65.7 Å². The zero-order valence-corrected chi connectivity index (χ0v) is 32.3. The maximum Gasteiger partial charge on any atom is 0.245 e. The molecule has 324 valence electrons. The summed E-state index contributed by atoms with van der Waals surface area (Å²) in [7, 11) is 1.29. The monoisotopic (exact) mass is 818 g/mol. The average Bonchev–Trinajstić information content (AvgIpc) is 3.16. The Bertz CT molecular complexity index is 1430. The Morgan fingerprint density at radius 1 is 0.754 bits per heavy atom. The van der Waals surface area contributed by atoms with Gasteiger partial charge in [-0.1, -0.05) is 6.92 Å². The Morgan fingerprint density at radius 2 is 1.33 bits per heavy atom. The van der Waals surface area contributed by atoms with E-state index in [-0.39, 0.29) is 38.5 Å². The Kier molecular flexibility index (Phi) is 19.6. The number of aliphatic hydroxyl groups is 6. The maximum absolute atomic E-state index is 14.1. The molecule has 0 aromatic carbocycles. The Hall–Kier alpha value is -4.52. The minimum absolute atomic E-state index is 0.197. The third-order valence-electron chi connectivity index (χ3n) is 9.93. The van der Waals surface area contributed by atoms with E-state index < -0.39 is 146 Å². The van der Waals surface area contributed by atoms with Gasteiger partial charge in [0.25, 0.3) is 0 Å². The van der Waals surface area contributed by atoms with Crippen molar-refractivity contribution in [3.8, 4) is 0 Å². The highest BCUT2D eigenvalue weighted by Gasteiger charge is 2.46. The predicted molar refractivity (Wildman–Crippen MR) is 194 cm³/mol. The highest BCUT2D eigenvalue weighted by atomic mass is 16.5. The molecule has 23 nitrogen and oxygen atoms in total. The minimum atomic E-state index is -1.89. The first-order valence-electron chi connectivity index (χ1n) is 18.6. The number of nitrogens with two attached hydrogens (primary N) is 1. The molecule has 23 heteroatoms. The van der Waals surface area contributed by atoms with Gasteiger partial charge in [0.05, 0.1) is 37.8 Å². The number of hydrogen-bond acceptors (Lipinski definition) is 15. The van der Waals surface area contributed by atoms with Gasteiger partial charge in [-0.3, -0.25) is 38.4 Å². The number of likely N-dealkylation sites (N-methyl/N-ethyl adjacent to an activating group) is 1. The van der Waals surface area contributed by atoms with E-state index in [4.69, 9.17) is 10.5 Å². The second-order valence-electron chi connectivity index (χ2n) is 14.3. The molecule has 15 N–H and O–H groups in total. The van der Waals surface area contributed by atoms with Crippen LogP contribution in [0.15, 0.2) is 0 Å². The van der Waals surface area contributed by atoms with Gasteiger partial charge in [-0.15, -0.1) is 0 Å². The number of rotatable bonds is 20. The van der Waals surface area contributed by atoms with Gasteiger partial charge in [-0.05, 0) is 44.9 Å². The van der Waals surface area contributed by atoms with Crippen molar-refractivity contribution in [2.75, 3.05) is 20.3 Å². The van der Waals surface area contributed by atoms with Crippen LogP contribution in [-0.4, -0.2) is 165 Å². The molecular formula is C34H58N8O15. The van der Waals surface area contributed by atoms with Crippen LogP contribution in [0.4, 0.5) is 0 Å². The van der Waals surface area contributed by atoms with E-state index in [1.807, 2.05) is 0 Å². The van der Waals surface area contributed by atoms with E-state index in [2.05, 4.69) is 37.2 Å². The molecule has 1 saturated carbocycles. The van der Waals surface area contributed by atoms with Crippen molar-refractivity contribution in [1.82, 2.24) is 37.2 Å². The van der Waals surface area contributed by atoms with E-state index in [0.29, 0.717) is 0 Å². The van der Waals surface area contributed by atoms with Crippen molar-refractivity contribution in [3.05, 3.63) is 0 Å². The third-order valence-corrected chi connectivity index (χ3v) is 9.93. The molecule has 1 aliphatic heterocycles. The van der Waals surface area contributed by atoms with Crippen LogP contribution < -0.4 is 43.0 Å². The molecule has 57 heavy (non-hydrogen) atoms. The molecule has 8 amide bonds. The van der Waals surface area contributed by atoms with Gasteiger partial charge in [-0.25, -0.2) is 0 Å². The molecule has 2 rings (SSSR count). The third kappa shape index (κ3) is 14.7. The number of hydrogen-bond donors (Lipinski definition) is 14. The first-order valence-corrected chi connectivity index (χ1v) is 18.6. The smallest absolute Gasteiger partial charge is 0.245 e. The molecule has 0 aromatic heterocycles. The summed E-state index contributed by atoms with van der Waals surface area (Å²) in [5.74, 6) is -8.93. The van der Waals surface area contributed by atoms with Crippen LogP contribution in [0.5, 0.6) is 0 Å². The Balaban J connectivity index is 2.49. The summed E-state index contributed by atoms with van der Waals surface area (Å²) >= 11 is 0. The number of carbonyl (C=O) groups is 8. The minimum Gasteiger partial charge on any atom is -0.394 e. The summed E-state index contributed by atoms with van der Waals surface area (Å²) in [6.45, 7) is 1.94. The lowest BCUT2D eigenvalue weighted by Gasteiger charge is -2.42. The number of ether oxygens (including phenoxy) is 1. The SMILES string of the molecule is CNC(=O)[C@H](CCC(N)=O)NC(=O)C(NC(=O)[C@H](CC(=O)N[C@@H]1OC(CO)[C@H](O)[C@H](O)C1NC(C)=O)NC(=O)[C@@H](CO)NC(=O)C(C)C(C)O)C1CCC(O)CC1. The molecule has 11 atom stereocenters. The van der Waals surface area contributed by atoms with Gasteiger partial charge in [0.1, 0.15) is 48.5 Å². The average molecular weight is 819 g/mol. The normalized spacial score (nSPS) is 26.5. The molecule has 2 aliphatic rings. The van der Waals surface area contributed by atoms with Gasteiger partial charge >= 0.3 is 0 Å². The predicted octanol–water partition coefficient (Wildman–Crippen LogP) is -7.05. The maximum atomic E-state index is 14.1. The number of primary amides is 1. The highest BCUT2D eigenvalue weighted by molar-refractivity contribution is 5.97. The summed E-state index contributed by atoms with van der Waals surface area (Å²) in [6, 6.07) is -7.78. The number of amides is 8. The molecule has 1 aliphatic carbocycles. The molecular weight excluding hydrogens is 760 g/mol. The van der Waals surface area contributed by atoms with Crippen LogP contribution in [0.3, 0.4) is 0 Å². The molecule has 0 aromatic rings. The van der Waals surface area contributed by atoms with Crippen molar-refractivity contribution in [1.29, 1.82) is 0 Å². The van der Waals surface area contributed by atoms with Crippen molar-refractivity contribution in [2.24, 2.45) is 17.6 Å². The molecule has 0 spiro atoms. The second kappa shape index (κ2) is 23.0. The van der Waals surface area contributed by atoms with E-state index in [1.165, 1.54) is 20.9 Å². The van der Waals surface area contributed by atoms with E-state index >= 15 is 0 Å². The number of aliphatic hydroxyl groups excluding tert-OH is 6. The van der Waals surface area contributed by atoms with Crippen molar-refractivity contribution in [2.45, 2.75) is 133 Å². The van der Waals surface area contributed by atoms with Gasteiger partial charge in [0.2, 0.25) is 47.3 Å². The lowest BCUT2D eigenvalue weighted by molar-refractivity contribution is -0.203. The molecule has 0 radical (unpaired) electrons. The van der Waals surface area contributed by atoms with E-state index in [1.54, 1.807) is 0 Å². The van der Waals surface area contributed by atoms with Gasteiger partial charge in [-0.2, -0.15) is 0 Å². The zero-order valence-electron chi connectivity index (χ0n) is 32.3. The highest BCUT2D eigenvalue weighted by Crippen LogP contribution is 2.28. The molecule has 1 heterocycles. The molecule has 1 saturated heterocycles. The number of carbonyl (C=O) groups excluding carboxylic acids is 8. The fraction of sp³-hybridized carbons (Fsp3) is 0.765. The summed E-state index contributed by atoms with van der Waals surface area (Å²) in [5, 5.41) is 77.1. The lowest BCUT2D eigenvalue weighted by Crippen LogP contribution is -2.68. The van der Waals surface area contributed by atoms with Crippen LogP contribution in [0, 0.1) is 11.8 Å². The van der Waals surface area contributed by atoms with Crippen LogP contribution in [-0.2, 0) is 43.1 Å². The lowest BCUT2D eigenvalue weighted by atomic mass is 9.82. The molecule has 2 fully saturated rings. The van der Waals surface area contributed by atoms with Crippen LogP contribution in [0.25, 0.3) is 0 Å². The van der Waals surface area contributed by atoms with Crippen LogP contribution >= 0.6 is 0 Å². The summed E-state index contributed by atoms with van der Waals surface area (Å²) in [6.07, 6.45) is -8.83. The largest absolute Gasteiger partial charge is 0.394 e. The molecule has 0 bridgehead atoms. The van der Waals surface area contributed by atoms with Gasteiger partial charge < -0.3 is 78.3 Å². The Morgan fingerprint density at radius 3 is 1.86 bits per heavy atom. The fourth-order valence-corrected chi connectivity index (χ4v) is 6.31. The van der Waals surface area contributed by atoms with Crippen molar-refractivity contribution >= 4 is 47.3 Å². The van der Waals surface area contributed by atoms with Gasteiger partial charge in [0.15, 0.2) is 6.23 Å². The van der Waals surface area contributed by atoms with Crippen molar-refractivity contribution < 1.29 is 73.7 Å². The van der Waals surface area contributed by atoms with E-state index in [0.717, 1.165) is 6.92 Å². The second-order valence-corrected chi connectivity index (χ2v) is 14.3. The first-order chi connectivity index (χ1) is 26.7. The van der Waals surface area contributed by atoms with Crippen molar-refractivity contribution in [3.63, 3.8) is 0 Å². The topological polar surface area (TPSA) is 377 Å². The zero-order chi connectivity index (χ0) is 43.1. The Labute approximate surface area is 328 Å². The summed E-state index contributed by atoms with van der Waals surface area (Å²) < 4.78 is 5.52. The fourth-order valence-electron chi connectivity index (χ4n) is 6.31.